The summed E-state index contributed by atoms with van der Waals surface area (Å²) in [6.45, 7) is 5.56. The van der Waals surface area contributed by atoms with Crippen LogP contribution in [-0.2, 0) is 28.8 Å². The van der Waals surface area contributed by atoms with Crippen molar-refractivity contribution in [2.75, 3.05) is 60.0 Å². The van der Waals surface area contributed by atoms with Crippen molar-refractivity contribution in [3.8, 4) is 0 Å². The summed E-state index contributed by atoms with van der Waals surface area (Å²) in [5.41, 5.74) is 0. The molecule has 3 fully saturated rings. The molecule has 14 heteroatoms. The quantitative estimate of drug-likeness (QED) is 0.301. The van der Waals surface area contributed by atoms with Crippen molar-refractivity contribution in [2.24, 2.45) is 0 Å². The molecule has 0 saturated carbocycles. The first-order valence-corrected chi connectivity index (χ1v) is 11.2. The van der Waals surface area contributed by atoms with Crippen LogP contribution in [0.15, 0.2) is 0 Å². The Morgan fingerprint density at radius 1 is 0.743 bits per heavy atom. The fourth-order valence-corrected chi connectivity index (χ4v) is 3.41. The maximum atomic E-state index is 11.4. The number of likely N-dealkylation sites (N-methyl/N-ethyl adjacent to an activating group) is 2. The molecule has 4 N–H and O–H groups in total. The van der Waals surface area contributed by atoms with Gasteiger partial charge in [0.05, 0.1) is 32.8 Å². The van der Waals surface area contributed by atoms with Gasteiger partial charge in [-0.25, -0.2) is 0 Å². The highest BCUT2D eigenvalue weighted by molar-refractivity contribution is 5.96. The molecule has 3 aliphatic rings. The number of hydrogen-bond acceptors (Lipinski definition) is 8. The number of β-amino-alcohol motifs (C(OH)–C–C–N with tert-alkyl or cyclic N) is 2. The lowest BCUT2D eigenvalue weighted by atomic mass is 10.1. The third-order valence-corrected chi connectivity index (χ3v) is 5.83. The summed E-state index contributed by atoms with van der Waals surface area (Å²) < 4.78 is 0. The minimum atomic E-state index is -0.460. The Hall–Kier alpha value is -3.26. The van der Waals surface area contributed by atoms with Crippen molar-refractivity contribution in [1.29, 1.82) is 0 Å². The molecule has 0 aromatic rings. The number of rotatable bonds is 4. The molecule has 35 heavy (non-hydrogen) atoms. The summed E-state index contributed by atoms with van der Waals surface area (Å²) in [5, 5.41) is 22.0. The Balaban J connectivity index is 0.000000263. The van der Waals surface area contributed by atoms with Gasteiger partial charge in [0.15, 0.2) is 0 Å². The minimum Gasteiger partial charge on any atom is -0.395 e. The number of aliphatic hydroxyl groups excluding tert-OH is 2. The fraction of sp³-hybridized carbons (Fsp3) is 0.714. The first kappa shape index (κ1) is 29.8. The van der Waals surface area contributed by atoms with Gasteiger partial charge in [-0.1, -0.05) is 0 Å². The highest BCUT2D eigenvalue weighted by atomic mass is 16.3. The van der Waals surface area contributed by atoms with Crippen molar-refractivity contribution >= 4 is 35.4 Å². The van der Waals surface area contributed by atoms with Crippen LogP contribution in [0, 0.1) is 0 Å². The average Bonchev–Trinajstić information content (AvgIpc) is 2.82. The Morgan fingerprint density at radius 3 is 1.69 bits per heavy atom. The molecule has 3 heterocycles. The van der Waals surface area contributed by atoms with E-state index in [1.807, 2.05) is 0 Å². The third kappa shape index (κ3) is 8.17. The van der Waals surface area contributed by atoms with E-state index < -0.39 is 6.04 Å². The molecule has 3 rings (SSSR count). The molecule has 3 atom stereocenters. The zero-order valence-electron chi connectivity index (χ0n) is 20.8. The number of carbonyl (C=O) groups is 6. The van der Waals surface area contributed by atoms with Gasteiger partial charge in [-0.05, 0) is 20.8 Å². The van der Waals surface area contributed by atoms with E-state index >= 15 is 0 Å². The molecule has 3 unspecified atom stereocenters. The molecule has 0 aromatic heterocycles. The topological polar surface area (TPSA) is 180 Å². The van der Waals surface area contributed by atoms with Crippen LogP contribution in [0.2, 0.25) is 0 Å². The normalized spacial score (nSPS) is 24.8. The van der Waals surface area contributed by atoms with Crippen molar-refractivity contribution < 1.29 is 39.0 Å². The summed E-state index contributed by atoms with van der Waals surface area (Å²) in [4.78, 5) is 72.3. The van der Waals surface area contributed by atoms with Gasteiger partial charge in [-0.2, -0.15) is 0 Å². The smallest absolute Gasteiger partial charge is 0.245 e. The second-order valence-corrected chi connectivity index (χ2v) is 8.34. The molecule has 0 aliphatic carbocycles. The predicted octanol–water partition coefficient (Wildman–Crippen LogP) is -4.04. The summed E-state index contributed by atoms with van der Waals surface area (Å²) in [6, 6.07) is -1.10. The first-order chi connectivity index (χ1) is 16.3. The van der Waals surface area contributed by atoms with Gasteiger partial charge in [0.1, 0.15) is 18.1 Å². The van der Waals surface area contributed by atoms with Crippen LogP contribution >= 0.6 is 0 Å². The summed E-state index contributed by atoms with van der Waals surface area (Å²) >= 11 is 0. The number of piperazine rings is 3. The predicted molar refractivity (Wildman–Crippen MR) is 122 cm³/mol. The highest BCUT2D eigenvalue weighted by Crippen LogP contribution is 2.13. The van der Waals surface area contributed by atoms with Gasteiger partial charge >= 0.3 is 0 Å². The second-order valence-electron chi connectivity index (χ2n) is 8.34. The zero-order valence-corrected chi connectivity index (χ0v) is 20.8. The molecule has 14 nitrogen and oxygen atoms in total. The number of carbonyl (C=O) groups excluding carboxylic acids is 6. The SMILES string of the molecule is CC1C(=O)N(C)C(C)C(=O)N1C.CC1NC(=O)CN(CCO)C1=O.O=C1CN(CCO)C(=O)CN1. The van der Waals surface area contributed by atoms with Crippen molar-refractivity contribution in [1.82, 2.24) is 30.2 Å². The van der Waals surface area contributed by atoms with Crippen LogP contribution in [0.1, 0.15) is 20.8 Å². The van der Waals surface area contributed by atoms with E-state index in [2.05, 4.69) is 10.6 Å². The summed E-state index contributed by atoms with van der Waals surface area (Å²) in [5.74, 6) is -0.606. The molecular formula is C21H36N6O8. The van der Waals surface area contributed by atoms with Crippen LogP contribution in [0.3, 0.4) is 0 Å². The lowest BCUT2D eigenvalue weighted by Gasteiger charge is -2.38. The van der Waals surface area contributed by atoms with Crippen molar-refractivity contribution in [3.63, 3.8) is 0 Å². The average molecular weight is 501 g/mol. The van der Waals surface area contributed by atoms with E-state index in [1.54, 1.807) is 34.9 Å². The van der Waals surface area contributed by atoms with Crippen molar-refractivity contribution in [3.05, 3.63) is 0 Å². The Kier molecular flexibility index (Phi) is 11.6. The Bertz CT molecular complexity index is 778. The zero-order chi connectivity index (χ0) is 26.9. The van der Waals surface area contributed by atoms with Crippen LogP contribution in [0.4, 0.5) is 0 Å². The lowest BCUT2D eigenvalue weighted by molar-refractivity contribution is -0.156. The summed E-state index contributed by atoms with van der Waals surface area (Å²) in [7, 11) is 3.32. The van der Waals surface area contributed by atoms with Gasteiger partial charge in [-0.15, -0.1) is 0 Å². The largest absolute Gasteiger partial charge is 0.395 e. The molecule has 0 aromatic carbocycles. The van der Waals surface area contributed by atoms with E-state index in [4.69, 9.17) is 10.2 Å². The van der Waals surface area contributed by atoms with Crippen LogP contribution in [-0.4, -0.2) is 143 Å². The number of amides is 6. The fourth-order valence-electron chi connectivity index (χ4n) is 3.41. The number of aliphatic hydroxyl groups is 2. The highest BCUT2D eigenvalue weighted by Gasteiger charge is 2.37. The molecular weight excluding hydrogens is 464 g/mol. The van der Waals surface area contributed by atoms with Crippen molar-refractivity contribution in [2.45, 2.75) is 38.9 Å². The molecule has 0 bridgehead atoms. The van der Waals surface area contributed by atoms with Gasteiger partial charge in [0.25, 0.3) is 0 Å². The molecule has 6 amide bonds. The molecule has 3 saturated heterocycles. The van der Waals surface area contributed by atoms with Crippen LogP contribution in [0.5, 0.6) is 0 Å². The Labute approximate surface area is 204 Å². The molecule has 3 aliphatic heterocycles. The summed E-state index contributed by atoms with van der Waals surface area (Å²) in [6.07, 6.45) is 0. The minimum absolute atomic E-state index is 0.00426. The molecule has 198 valence electrons. The van der Waals surface area contributed by atoms with Gasteiger partial charge in [0, 0.05) is 27.2 Å². The van der Waals surface area contributed by atoms with Gasteiger partial charge in [-0.3, -0.25) is 28.8 Å². The third-order valence-electron chi connectivity index (χ3n) is 5.83. The van der Waals surface area contributed by atoms with E-state index in [-0.39, 0.29) is 93.5 Å². The Morgan fingerprint density at radius 2 is 1.20 bits per heavy atom. The molecule has 0 spiro atoms. The van der Waals surface area contributed by atoms with Gasteiger partial charge < -0.3 is 40.4 Å². The standard InChI is InChI=1S/C8H14N2O2.C7H12N2O3.C6H10N2O3/c1-5-7(11)10(4)6(2)8(12)9(5)3;1-5-7(12)9(2-3-10)4-6(11)8-5;9-2-1-8-4-5(10)7-3-6(8)11/h5-6H,1-4H3;5,10H,2-4H2,1H3,(H,8,11);9H,1-4H2,(H,7,10). The number of hydrogen-bond donors (Lipinski definition) is 4. The monoisotopic (exact) mass is 500 g/mol. The van der Waals surface area contributed by atoms with Gasteiger partial charge in [0.2, 0.25) is 35.4 Å². The van der Waals surface area contributed by atoms with Crippen LogP contribution in [0.25, 0.3) is 0 Å². The second kappa shape index (κ2) is 13.6. The van der Waals surface area contributed by atoms with E-state index in [9.17, 15) is 28.8 Å². The maximum Gasteiger partial charge on any atom is 0.245 e. The molecule has 0 radical (unpaired) electrons. The van der Waals surface area contributed by atoms with E-state index in [1.165, 1.54) is 19.6 Å². The number of nitrogens with one attached hydrogen (secondary N) is 2. The van der Waals surface area contributed by atoms with Crippen LogP contribution < -0.4 is 10.6 Å². The van der Waals surface area contributed by atoms with E-state index in [0.717, 1.165) is 0 Å². The maximum absolute atomic E-state index is 11.4. The lowest BCUT2D eigenvalue weighted by Crippen LogP contribution is -2.60. The number of nitrogens with zero attached hydrogens (tertiary/aromatic N) is 4. The first-order valence-electron chi connectivity index (χ1n) is 11.2. The van der Waals surface area contributed by atoms with E-state index in [0.29, 0.717) is 0 Å².